The average molecular weight is 442 g/mol. The first-order chi connectivity index (χ1) is 14.4. The Kier molecular flexibility index (Phi) is 13.0. The van der Waals surface area contributed by atoms with Gasteiger partial charge < -0.3 is 0 Å². The minimum atomic E-state index is -4.47. The molecule has 1 aromatic carbocycles. The van der Waals surface area contributed by atoms with Crippen LogP contribution in [0.4, 0.5) is 17.6 Å². The molecule has 8 heteroatoms. The summed E-state index contributed by atoms with van der Waals surface area (Å²) in [6.45, 7) is 9.96. The topological polar surface area (TPSA) is 62.2 Å². The number of aryl methyl sites for hydroxylation is 1. The number of nitrogens with zero attached hydrogens (tertiary/aromatic N) is 1. The first kappa shape index (κ1) is 28.3. The van der Waals surface area contributed by atoms with E-state index in [-0.39, 0.29) is 12.2 Å². The van der Waals surface area contributed by atoms with Crippen molar-refractivity contribution in [2.24, 2.45) is 5.92 Å². The van der Waals surface area contributed by atoms with Crippen molar-refractivity contribution in [3.05, 3.63) is 71.3 Å². The Labute approximate surface area is 181 Å². The number of carbonyl (C=O) groups is 1. The molecule has 31 heavy (non-hydrogen) atoms. The molecule has 1 amide bonds. The SMILES string of the molecule is C/C=C(\CCC(=O)NO)c1ccc(C(F)(F)F)nc1.CC(C)C.Cc1ccccc1F. The minimum absolute atomic E-state index is 0.0389. The Morgan fingerprint density at radius 2 is 1.71 bits per heavy atom. The highest BCUT2D eigenvalue weighted by atomic mass is 19.4. The third kappa shape index (κ3) is 12.5. The second kappa shape index (κ2) is 14.3. The number of hydrogen-bond acceptors (Lipinski definition) is 3. The second-order valence-electron chi connectivity index (χ2n) is 7.26. The molecule has 0 unspecified atom stereocenters. The van der Waals surface area contributed by atoms with Gasteiger partial charge in [0.15, 0.2) is 0 Å². The third-order valence-electron chi connectivity index (χ3n) is 3.60. The predicted octanol–water partition coefficient (Wildman–Crippen LogP) is 6.59. The molecule has 0 atom stereocenters. The molecule has 4 nitrogen and oxygen atoms in total. The van der Waals surface area contributed by atoms with E-state index in [0.717, 1.165) is 18.2 Å². The van der Waals surface area contributed by atoms with Gasteiger partial charge in [0.25, 0.3) is 0 Å². The van der Waals surface area contributed by atoms with Crippen molar-refractivity contribution in [1.82, 2.24) is 10.5 Å². The molecular formula is C23H30F4N2O2. The predicted molar refractivity (Wildman–Crippen MR) is 114 cm³/mol. The highest BCUT2D eigenvalue weighted by molar-refractivity contribution is 5.77. The van der Waals surface area contributed by atoms with Gasteiger partial charge in [0.1, 0.15) is 11.5 Å². The molecule has 0 saturated heterocycles. The Morgan fingerprint density at radius 1 is 1.13 bits per heavy atom. The lowest BCUT2D eigenvalue weighted by Crippen LogP contribution is -2.17. The van der Waals surface area contributed by atoms with E-state index in [9.17, 15) is 22.4 Å². The molecule has 0 aliphatic rings. The highest BCUT2D eigenvalue weighted by Gasteiger charge is 2.32. The quantitative estimate of drug-likeness (QED) is 0.319. The summed E-state index contributed by atoms with van der Waals surface area (Å²) < 4.78 is 49.4. The molecule has 0 aliphatic heterocycles. The van der Waals surface area contributed by atoms with Gasteiger partial charge in [-0.3, -0.25) is 15.0 Å². The van der Waals surface area contributed by atoms with Gasteiger partial charge in [0, 0.05) is 12.6 Å². The molecule has 2 rings (SSSR count). The molecule has 0 radical (unpaired) electrons. The first-order valence-corrected chi connectivity index (χ1v) is 9.75. The maximum absolute atomic E-state index is 12.3. The average Bonchev–Trinajstić information content (AvgIpc) is 2.70. The van der Waals surface area contributed by atoms with E-state index < -0.39 is 17.8 Å². The normalized spacial score (nSPS) is 11.1. The lowest BCUT2D eigenvalue weighted by molar-refractivity contribution is -0.141. The number of halogens is 4. The van der Waals surface area contributed by atoms with Crippen molar-refractivity contribution in [2.45, 2.75) is 53.6 Å². The summed E-state index contributed by atoms with van der Waals surface area (Å²) in [6.07, 6.45) is -1.32. The molecule has 172 valence electrons. The van der Waals surface area contributed by atoms with E-state index in [1.807, 2.05) is 6.07 Å². The van der Waals surface area contributed by atoms with Gasteiger partial charge in [0.2, 0.25) is 5.91 Å². The molecule has 2 aromatic rings. The number of pyridine rings is 1. The van der Waals surface area contributed by atoms with Crippen LogP contribution >= 0.6 is 0 Å². The monoisotopic (exact) mass is 442 g/mol. The fraction of sp³-hybridized carbons (Fsp3) is 0.391. The number of alkyl halides is 3. The van der Waals surface area contributed by atoms with Crippen LogP contribution in [-0.2, 0) is 11.0 Å². The maximum Gasteiger partial charge on any atom is 0.433 e. The number of nitrogens with one attached hydrogen (secondary N) is 1. The fourth-order valence-electron chi connectivity index (χ4n) is 2.06. The molecule has 0 bridgehead atoms. The number of hydrogen-bond donors (Lipinski definition) is 2. The van der Waals surface area contributed by atoms with Crippen LogP contribution in [0.2, 0.25) is 0 Å². The van der Waals surface area contributed by atoms with E-state index in [1.165, 1.54) is 17.6 Å². The van der Waals surface area contributed by atoms with Gasteiger partial charge in [-0.1, -0.05) is 51.1 Å². The smallest absolute Gasteiger partial charge is 0.289 e. The van der Waals surface area contributed by atoms with Crippen molar-refractivity contribution in [1.29, 1.82) is 0 Å². The number of amides is 1. The van der Waals surface area contributed by atoms with Gasteiger partial charge in [-0.15, -0.1) is 0 Å². The zero-order valence-corrected chi connectivity index (χ0v) is 18.4. The highest BCUT2D eigenvalue weighted by Crippen LogP contribution is 2.28. The van der Waals surface area contributed by atoms with Crippen molar-refractivity contribution in [2.75, 3.05) is 0 Å². The molecular weight excluding hydrogens is 412 g/mol. The van der Waals surface area contributed by atoms with Crippen molar-refractivity contribution >= 4 is 11.5 Å². The first-order valence-electron chi connectivity index (χ1n) is 9.75. The number of carbonyl (C=O) groups excluding carboxylic acids is 1. The minimum Gasteiger partial charge on any atom is -0.289 e. The maximum atomic E-state index is 12.3. The van der Waals surface area contributed by atoms with Crippen LogP contribution in [0.3, 0.4) is 0 Å². The zero-order valence-electron chi connectivity index (χ0n) is 18.4. The molecule has 1 aromatic heterocycles. The Morgan fingerprint density at radius 3 is 2.06 bits per heavy atom. The van der Waals surface area contributed by atoms with Crippen LogP contribution in [-0.4, -0.2) is 16.1 Å². The van der Waals surface area contributed by atoms with Gasteiger partial charge >= 0.3 is 6.18 Å². The van der Waals surface area contributed by atoms with Crippen LogP contribution in [0.15, 0.2) is 48.7 Å². The van der Waals surface area contributed by atoms with E-state index in [1.54, 1.807) is 32.1 Å². The summed E-state index contributed by atoms with van der Waals surface area (Å²) in [5.74, 6) is 0.145. The van der Waals surface area contributed by atoms with E-state index in [0.29, 0.717) is 23.1 Å². The largest absolute Gasteiger partial charge is 0.433 e. The molecule has 0 fully saturated rings. The summed E-state index contributed by atoms with van der Waals surface area (Å²) >= 11 is 0. The standard InChI is InChI=1S/C12H13F3N2O2.C7H7F.C4H10/c1-2-8(4-6-11(18)17-19)9-3-5-10(16-7-9)12(13,14)15;1-6-4-2-3-5-7(6)8;1-4(2)3/h2-3,5,7,19H,4,6H2,1H3,(H,17,18);2-5H,1H3;4H,1-3H3/b8-2+;;. The van der Waals surface area contributed by atoms with Crippen LogP contribution in [0, 0.1) is 18.7 Å². The lowest BCUT2D eigenvalue weighted by Gasteiger charge is -2.09. The van der Waals surface area contributed by atoms with Gasteiger partial charge in [0.05, 0.1) is 0 Å². The number of aromatic nitrogens is 1. The van der Waals surface area contributed by atoms with Crippen molar-refractivity contribution < 1.29 is 27.6 Å². The second-order valence-corrected chi connectivity index (χ2v) is 7.26. The van der Waals surface area contributed by atoms with Crippen molar-refractivity contribution in [3.8, 4) is 0 Å². The molecule has 1 heterocycles. The van der Waals surface area contributed by atoms with E-state index in [2.05, 4.69) is 25.8 Å². The number of benzene rings is 1. The van der Waals surface area contributed by atoms with E-state index in [4.69, 9.17) is 5.21 Å². The fourth-order valence-corrected chi connectivity index (χ4v) is 2.06. The summed E-state index contributed by atoms with van der Waals surface area (Å²) in [5.41, 5.74) is 2.44. The number of allylic oxidation sites excluding steroid dienone is 2. The van der Waals surface area contributed by atoms with Gasteiger partial charge in [-0.25, -0.2) is 9.87 Å². The van der Waals surface area contributed by atoms with Crippen LogP contribution in [0.25, 0.3) is 5.57 Å². The van der Waals surface area contributed by atoms with Crippen LogP contribution in [0.5, 0.6) is 0 Å². The van der Waals surface area contributed by atoms with Gasteiger partial charge in [-0.2, -0.15) is 13.2 Å². The molecule has 2 N–H and O–H groups in total. The summed E-state index contributed by atoms with van der Waals surface area (Å²) in [4.78, 5) is 14.2. The van der Waals surface area contributed by atoms with Crippen molar-refractivity contribution in [3.63, 3.8) is 0 Å². The third-order valence-corrected chi connectivity index (χ3v) is 3.60. The summed E-state index contributed by atoms with van der Waals surface area (Å²) in [5, 5.41) is 8.36. The van der Waals surface area contributed by atoms with Gasteiger partial charge in [-0.05, 0) is 55.0 Å². The number of hydroxylamine groups is 1. The Balaban J connectivity index is 0.000000613. The Bertz CT molecular complexity index is 793. The number of rotatable bonds is 4. The molecule has 0 spiro atoms. The lowest BCUT2D eigenvalue weighted by atomic mass is 10.0. The Hall–Kier alpha value is -2.74. The van der Waals surface area contributed by atoms with Crippen LogP contribution in [0.1, 0.15) is 57.4 Å². The molecule has 0 saturated carbocycles. The van der Waals surface area contributed by atoms with Crippen LogP contribution < -0.4 is 5.48 Å². The zero-order chi connectivity index (χ0) is 24.0. The summed E-state index contributed by atoms with van der Waals surface area (Å²) in [7, 11) is 0. The van der Waals surface area contributed by atoms with E-state index >= 15 is 0 Å². The molecule has 0 aliphatic carbocycles. The summed E-state index contributed by atoms with van der Waals surface area (Å²) in [6, 6.07) is 8.90.